The number of anilines is 1. The maximum absolute atomic E-state index is 12.9. The Morgan fingerprint density at radius 1 is 1.08 bits per heavy atom. The molecule has 0 bridgehead atoms. The molecule has 5 rings (SSSR count). The van der Waals surface area contributed by atoms with E-state index >= 15 is 0 Å². The number of allylic oxidation sites excluding steroid dienone is 1. The van der Waals surface area contributed by atoms with Crippen LogP contribution in [0.2, 0.25) is 0 Å². The molecule has 0 radical (unpaired) electrons. The molecule has 2 fully saturated rings. The third kappa shape index (κ3) is 6.19. The van der Waals surface area contributed by atoms with Gasteiger partial charge in [-0.15, -0.1) is 0 Å². The van der Waals surface area contributed by atoms with Crippen molar-refractivity contribution in [1.82, 2.24) is 9.29 Å². The van der Waals surface area contributed by atoms with Crippen LogP contribution in [0.25, 0.3) is 28.1 Å². The van der Waals surface area contributed by atoms with Gasteiger partial charge in [0, 0.05) is 56.6 Å². The highest BCUT2D eigenvalue weighted by atomic mass is 32.2. The van der Waals surface area contributed by atoms with E-state index in [0.29, 0.717) is 5.69 Å². The van der Waals surface area contributed by atoms with Gasteiger partial charge >= 0.3 is 0 Å². The van der Waals surface area contributed by atoms with E-state index in [0.717, 1.165) is 29.7 Å². The first-order valence-electron chi connectivity index (χ1n) is 13.3. The van der Waals surface area contributed by atoms with Crippen LogP contribution in [-0.2, 0) is 21.8 Å². The molecule has 0 saturated carbocycles. The molecule has 0 spiro atoms. The van der Waals surface area contributed by atoms with Crippen LogP contribution in [-0.4, -0.2) is 61.3 Å². The first-order chi connectivity index (χ1) is 18.7. The molecule has 3 N–H and O–H groups in total. The van der Waals surface area contributed by atoms with Crippen molar-refractivity contribution >= 4 is 32.6 Å². The van der Waals surface area contributed by atoms with Crippen molar-refractivity contribution < 1.29 is 23.4 Å². The lowest BCUT2D eigenvalue weighted by Gasteiger charge is -2.30. The molecular weight excluding hydrogens is 516 g/mol. The summed E-state index contributed by atoms with van der Waals surface area (Å²) < 4.78 is 35.2. The van der Waals surface area contributed by atoms with Gasteiger partial charge in [-0.2, -0.15) is 5.26 Å². The summed E-state index contributed by atoms with van der Waals surface area (Å²) in [6.45, 7) is 2.03. The Morgan fingerprint density at radius 2 is 1.82 bits per heavy atom. The third-order valence-corrected chi connectivity index (χ3v) is 8.87. The number of aromatic nitrogens is 1. The standard InChI is InChI=1S/C29H34N4O5S/c1-32-23(15-27(18-30)39(36,37)31-19-26-16-25(34)17-29(35)38-26)9-10-28(32)22-6-5-21-14-24(8-7-20(21)13-22)33-11-3-2-4-12-33/h5-10,13-15,25-26,29,31,34-35H,2-4,11-12,16-17,19H2,1H3/b27-15+. The fraction of sp³-hybridized carbons (Fsp3) is 0.414. The molecule has 3 aromatic rings. The monoisotopic (exact) mass is 550 g/mol. The van der Waals surface area contributed by atoms with Crippen molar-refractivity contribution in [2.24, 2.45) is 7.05 Å². The molecule has 9 nitrogen and oxygen atoms in total. The molecule has 0 amide bonds. The highest BCUT2D eigenvalue weighted by Gasteiger charge is 2.29. The van der Waals surface area contributed by atoms with E-state index in [1.807, 2.05) is 17.7 Å². The molecule has 3 atom stereocenters. The van der Waals surface area contributed by atoms with Crippen LogP contribution in [0.4, 0.5) is 5.69 Å². The Balaban J connectivity index is 1.34. The second-order valence-corrected chi connectivity index (χ2v) is 12.0. The molecule has 2 aromatic carbocycles. The summed E-state index contributed by atoms with van der Waals surface area (Å²) in [4.78, 5) is 2.01. The zero-order valence-electron chi connectivity index (χ0n) is 22.0. The highest BCUT2D eigenvalue weighted by molar-refractivity contribution is 7.93. The number of ether oxygens (including phenoxy) is 1. The van der Waals surface area contributed by atoms with Crippen molar-refractivity contribution in [3.8, 4) is 17.3 Å². The molecule has 2 saturated heterocycles. The molecule has 206 valence electrons. The summed E-state index contributed by atoms with van der Waals surface area (Å²) in [5.74, 6) is 0. The molecule has 2 aliphatic heterocycles. The van der Waals surface area contributed by atoms with Gasteiger partial charge in [0.2, 0.25) is 0 Å². The van der Waals surface area contributed by atoms with Crippen molar-refractivity contribution in [3.05, 3.63) is 59.1 Å². The number of hydrogen-bond acceptors (Lipinski definition) is 7. The Labute approximate surface area is 229 Å². The number of aliphatic hydroxyl groups excluding tert-OH is 2. The summed E-state index contributed by atoms with van der Waals surface area (Å²) in [5, 5.41) is 31.4. The van der Waals surface area contributed by atoms with Crippen molar-refractivity contribution in [1.29, 1.82) is 5.26 Å². The molecule has 1 aromatic heterocycles. The number of piperidine rings is 1. The van der Waals surface area contributed by atoms with Gasteiger partial charge in [0.05, 0.1) is 12.2 Å². The molecule has 39 heavy (non-hydrogen) atoms. The van der Waals surface area contributed by atoms with Gasteiger partial charge in [0.25, 0.3) is 10.0 Å². The number of nitrogens with zero attached hydrogens (tertiary/aromatic N) is 3. The minimum absolute atomic E-state index is 0.0826. The number of aliphatic hydroxyl groups is 2. The van der Waals surface area contributed by atoms with Gasteiger partial charge in [-0.3, -0.25) is 0 Å². The smallest absolute Gasteiger partial charge is 0.250 e. The molecular formula is C29H34N4O5S. The number of fused-ring (bicyclic) bond motifs is 1. The molecule has 0 aliphatic carbocycles. The summed E-state index contributed by atoms with van der Waals surface area (Å²) in [7, 11) is -2.30. The van der Waals surface area contributed by atoms with Crippen molar-refractivity contribution in [3.63, 3.8) is 0 Å². The van der Waals surface area contributed by atoms with E-state index < -0.39 is 33.4 Å². The van der Waals surface area contributed by atoms with Gasteiger partial charge in [-0.25, -0.2) is 13.1 Å². The number of nitrogens with one attached hydrogen (secondary N) is 1. The Bertz CT molecular complexity index is 1510. The van der Waals surface area contributed by atoms with Crippen LogP contribution in [0, 0.1) is 11.3 Å². The van der Waals surface area contributed by atoms with Crippen LogP contribution in [0.1, 0.15) is 37.8 Å². The van der Waals surface area contributed by atoms with Gasteiger partial charge in [0.1, 0.15) is 6.07 Å². The van der Waals surface area contributed by atoms with Crippen LogP contribution in [0.5, 0.6) is 0 Å². The van der Waals surface area contributed by atoms with Crippen molar-refractivity contribution in [2.75, 3.05) is 24.5 Å². The summed E-state index contributed by atoms with van der Waals surface area (Å²) in [5.41, 5.74) is 3.70. The van der Waals surface area contributed by atoms with Gasteiger partial charge in [0.15, 0.2) is 11.2 Å². The number of nitriles is 1. The maximum Gasteiger partial charge on any atom is 0.250 e. The third-order valence-electron chi connectivity index (χ3n) is 7.54. The predicted molar refractivity (Wildman–Crippen MR) is 151 cm³/mol. The lowest BCUT2D eigenvalue weighted by atomic mass is 10.0. The maximum atomic E-state index is 12.9. The first-order valence-corrected chi connectivity index (χ1v) is 14.8. The molecule has 3 heterocycles. The van der Waals surface area contributed by atoms with Crippen molar-refractivity contribution in [2.45, 2.75) is 50.6 Å². The fourth-order valence-electron chi connectivity index (χ4n) is 5.38. The predicted octanol–water partition coefficient (Wildman–Crippen LogP) is 3.48. The average molecular weight is 551 g/mol. The summed E-state index contributed by atoms with van der Waals surface area (Å²) in [6.07, 6.45) is 2.75. The molecule has 3 unspecified atom stereocenters. The second-order valence-electron chi connectivity index (χ2n) is 10.3. The zero-order chi connectivity index (χ0) is 27.6. The minimum atomic E-state index is -4.13. The normalized spacial score (nSPS) is 22.7. The fourth-order valence-corrected chi connectivity index (χ4v) is 6.34. The topological polar surface area (TPSA) is 128 Å². The lowest BCUT2D eigenvalue weighted by molar-refractivity contribution is -0.186. The lowest BCUT2D eigenvalue weighted by Crippen LogP contribution is -2.42. The molecule has 2 aliphatic rings. The van der Waals surface area contributed by atoms with E-state index in [1.54, 1.807) is 12.1 Å². The van der Waals surface area contributed by atoms with Crippen LogP contribution in [0.3, 0.4) is 0 Å². The van der Waals surface area contributed by atoms with Crippen LogP contribution < -0.4 is 9.62 Å². The Hall–Kier alpha value is -3.20. The summed E-state index contributed by atoms with van der Waals surface area (Å²) in [6, 6.07) is 18.3. The number of rotatable bonds is 7. The number of hydrogen-bond donors (Lipinski definition) is 3. The zero-order valence-corrected chi connectivity index (χ0v) is 22.8. The van der Waals surface area contributed by atoms with Crippen LogP contribution in [0.15, 0.2) is 53.4 Å². The van der Waals surface area contributed by atoms with Gasteiger partial charge in [-0.1, -0.05) is 18.2 Å². The van der Waals surface area contributed by atoms with E-state index in [-0.39, 0.29) is 19.4 Å². The van der Waals surface area contributed by atoms with Crippen LogP contribution >= 0.6 is 0 Å². The summed E-state index contributed by atoms with van der Waals surface area (Å²) >= 11 is 0. The minimum Gasteiger partial charge on any atom is -0.393 e. The largest absolute Gasteiger partial charge is 0.393 e. The number of benzene rings is 2. The molecule has 10 heteroatoms. The quantitative estimate of drug-likeness (QED) is 0.384. The van der Waals surface area contributed by atoms with E-state index in [9.17, 15) is 23.9 Å². The number of sulfonamides is 1. The second kappa shape index (κ2) is 11.5. The van der Waals surface area contributed by atoms with E-state index in [4.69, 9.17) is 4.74 Å². The SMILES string of the molecule is Cn1c(/C=C(\C#N)S(=O)(=O)NCC2CC(O)CC(O)O2)ccc1-c1ccc2cc(N3CCCCC3)ccc2c1. The van der Waals surface area contributed by atoms with Gasteiger partial charge < -0.3 is 24.4 Å². The van der Waals surface area contributed by atoms with Gasteiger partial charge in [-0.05, 0) is 72.0 Å². The van der Waals surface area contributed by atoms with E-state index in [2.05, 4.69) is 46.0 Å². The first kappa shape index (κ1) is 27.4. The highest BCUT2D eigenvalue weighted by Crippen LogP contribution is 2.30. The Morgan fingerprint density at radius 3 is 2.56 bits per heavy atom. The Kier molecular flexibility index (Phi) is 8.07. The average Bonchev–Trinajstić information content (AvgIpc) is 3.29. The van der Waals surface area contributed by atoms with E-state index in [1.165, 1.54) is 36.4 Å².